The van der Waals surface area contributed by atoms with E-state index in [0.717, 1.165) is 6.42 Å². The Morgan fingerprint density at radius 1 is 1.50 bits per heavy atom. The van der Waals surface area contributed by atoms with Gasteiger partial charge in [-0.1, -0.05) is 30.7 Å². The Hall–Kier alpha value is -0.860. The van der Waals surface area contributed by atoms with Crippen molar-refractivity contribution >= 4 is 0 Å². The van der Waals surface area contributed by atoms with Crippen LogP contribution in [0.15, 0.2) is 18.2 Å². The normalized spacial score (nSPS) is 25.5. The highest BCUT2D eigenvalue weighted by molar-refractivity contribution is 5.38. The van der Waals surface area contributed by atoms with Crippen LogP contribution in [0.5, 0.6) is 0 Å². The van der Waals surface area contributed by atoms with E-state index in [1.54, 1.807) is 0 Å². The second-order valence-corrected chi connectivity index (χ2v) is 5.11. The van der Waals surface area contributed by atoms with Crippen molar-refractivity contribution in [2.75, 3.05) is 6.61 Å². The zero-order valence-electron chi connectivity index (χ0n) is 10.3. The molecule has 2 nitrogen and oxygen atoms in total. The number of nitrogens with one attached hydrogen (secondary N) is 1. The fourth-order valence-corrected chi connectivity index (χ4v) is 2.57. The van der Waals surface area contributed by atoms with Crippen molar-refractivity contribution in [1.82, 2.24) is 5.32 Å². The number of hydrogen-bond acceptors (Lipinski definition) is 2. The second kappa shape index (κ2) is 4.56. The summed E-state index contributed by atoms with van der Waals surface area (Å²) >= 11 is 0. The highest BCUT2D eigenvalue weighted by Crippen LogP contribution is 2.36. The monoisotopic (exact) mass is 219 g/mol. The van der Waals surface area contributed by atoms with Gasteiger partial charge in [0.05, 0.1) is 6.61 Å². The van der Waals surface area contributed by atoms with Gasteiger partial charge in [-0.15, -0.1) is 0 Å². The average Bonchev–Trinajstić information content (AvgIpc) is 2.55. The maximum absolute atomic E-state index is 9.12. The molecule has 0 fully saturated rings. The minimum absolute atomic E-state index is 0.166. The van der Waals surface area contributed by atoms with E-state index in [4.69, 9.17) is 5.11 Å². The molecule has 1 aliphatic carbocycles. The zero-order chi connectivity index (χ0) is 11.7. The first-order chi connectivity index (χ1) is 7.61. The van der Waals surface area contributed by atoms with Crippen molar-refractivity contribution in [3.63, 3.8) is 0 Å². The lowest BCUT2D eigenvalue weighted by Crippen LogP contribution is -2.34. The quantitative estimate of drug-likeness (QED) is 0.817. The highest BCUT2D eigenvalue weighted by Gasteiger charge is 2.29. The van der Waals surface area contributed by atoms with Gasteiger partial charge in [-0.2, -0.15) is 0 Å². The largest absolute Gasteiger partial charge is 0.395 e. The highest BCUT2D eigenvalue weighted by atomic mass is 16.3. The van der Waals surface area contributed by atoms with Gasteiger partial charge in [-0.25, -0.2) is 0 Å². The Bertz CT molecular complexity index is 375. The third kappa shape index (κ3) is 2.13. The standard InChI is InChI=1S/C14H21NO/c1-9-4-5-12-7-10(2)14(13(12)6-9)15-11(3)8-16/h4-6,10-11,14-16H,7-8H2,1-3H3/t10?,11-,14?/m0/s1. The van der Waals surface area contributed by atoms with E-state index in [9.17, 15) is 0 Å². The van der Waals surface area contributed by atoms with Crippen molar-refractivity contribution < 1.29 is 5.11 Å². The summed E-state index contributed by atoms with van der Waals surface area (Å²) in [5, 5.41) is 12.6. The van der Waals surface area contributed by atoms with E-state index in [1.807, 2.05) is 6.92 Å². The van der Waals surface area contributed by atoms with Gasteiger partial charge in [0.1, 0.15) is 0 Å². The number of fused-ring (bicyclic) bond motifs is 1. The predicted octanol–water partition coefficient (Wildman–Crippen LogP) is 2.20. The molecule has 16 heavy (non-hydrogen) atoms. The fourth-order valence-electron chi connectivity index (χ4n) is 2.57. The third-order valence-corrected chi connectivity index (χ3v) is 3.49. The number of benzene rings is 1. The molecule has 0 spiro atoms. The first-order valence-electron chi connectivity index (χ1n) is 6.08. The lowest BCUT2D eigenvalue weighted by molar-refractivity contribution is 0.231. The van der Waals surface area contributed by atoms with Gasteiger partial charge in [-0.3, -0.25) is 0 Å². The number of hydrogen-bond donors (Lipinski definition) is 2. The molecule has 0 amide bonds. The average molecular weight is 219 g/mol. The van der Waals surface area contributed by atoms with Gasteiger partial charge in [0, 0.05) is 12.1 Å². The number of rotatable bonds is 3. The third-order valence-electron chi connectivity index (χ3n) is 3.49. The summed E-state index contributed by atoms with van der Waals surface area (Å²) in [4.78, 5) is 0. The molecule has 2 rings (SSSR count). The van der Waals surface area contributed by atoms with Crippen LogP contribution >= 0.6 is 0 Å². The van der Waals surface area contributed by atoms with Crippen LogP contribution < -0.4 is 5.32 Å². The molecule has 3 atom stereocenters. The van der Waals surface area contributed by atoms with E-state index < -0.39 is 0 Å². The zero-order valence-corrected chi connectivity index (χ0v) is 10.3. The van der Waals surface area contributed by atoms with Crippen LogP contribution in [-0.4, -0.2) is 17.8 Å². The second-order valence-electron chi connectivity index (χ2n) is 5.11. The molecule has 0 saturated heterocycles. The van der Waals surface area contributed by atoms with Crippen LogP contribution in [0.4, 0.5) is 0 Å². The lowest BCUT2D eigenvalue weighted by Gasteiger charge is -2.22. The van der Waals surface area contributed by atoms with Crippen LogP contribution in [-0.2, 0) is 6.42 Å². The van der Waals surface area contributed by atoms with Crippen LogP contribution in [0.3, 0.4) is 0 Å². The summed E-state index contributed by atoms with van der Waals surface area (Å²) < 4.78 is 0. The Morgan fingerprint density at radius 3 is 2.94 bits per heavy atom. The lowest BCUT2D eigenvalue weighted by atomic mass is 10.0. The molecule has 0 bridgehead atoms. The summed E-state index contributed by atoms with van der Waals surface area (Å²) in [6, 6.07) is 7.27. The van der Waals surface area contributed by atoms with E-state index in [-0.39, 0.29) is 12.6 Å². The molecule has 1 aromatic carbocycles. The Labute approximate surface area is 97.7 Å². The molecule has 1 aliphatic rings. The molecule has 0 heterocycles. The summed E-state index contributed by atoms with van der Waals surface area (Å²) in [5.41, 5.74) is 4.20. The van der Waals surface area contributed by atoms with Crippen LogP contribution in [0, 0.1) is 12.8 Å². The maximum Gasteiger partial charge on any atom is 0.0582 e. The smallest absolute Gasteiger partial charge is 0.0582 e. The first-order valence-corrected chi connectivity index (χ1v) is 6.08. The van der Waals surface area contributed by atoms with Gasteiger partial charge >= 0.3 is 0 Å². The molecule has 88 valence electrons. The van der Waals surface area contributed by atoms with Crippen molar-refractivity contribution in [1.29, 1.82) is 0 Å². The van der Waals surface area contributed by atoms with Gasteiger partial charge in [0.25, 0.3) is 0 Å². The van der Waals surface area contributed by atoms with E-state index in [0.29, 0.717) is 12.0 Å². The van der Waals surface area contributed by atoms with Gasteiger partial charge in [-0.05, 0) is 37.3 Å². The molecule has 0 aliphatic heterocycles. The van der Waals surface area contributed by atoms with Crippen molar-refractivity contribution in [3.05, 3.63) is 34.9 Å². The molecule has 2 N–H and O–H groups in total. The number of aliphatic hydroxyl groups excluding tert-OH is 1. The fraction of sp³-hybridized carbons (Fsp3) is 0.571. The van der Waals surface area contributed by atoms with Crippen LogP contribution in [0.2, 0.25) is 0 Å². The van der Waals surface area contributed by atoms with Crippen molar-refractivity contribution in [2.45, 2.75) is 39.3 Å². The molecule has 2 heteroatoms. The first kappa shape index (κ1) is 11.6. The minimum atomic E-state index is 0.166. The maximum atomic E-state index is 9.12. The van der Waals surface area contributed by atoms with Crippen molar-refractivity contribution in [2.24, 2.45) is 5.92 Å². The van der Waals surface area contributed by atoms with Crippen LogP contribution in [0.25, 0.3) is 0 Å². The number of aryl methyl sites for hydroxylation is 1. The van der Waals surface area contributed by atoms with Gasteiger partial charge in [0.2, 0.25) is 0 Å². The molecule has 0 aromatic heterocycles. The minimum Gasteiger partial charge on any atom is -0.395 e. The predicted molar refractivity (Wildman–Crippen MR) is 66.5 cm³/mol. The molecule has 1 aromatic rings. The summed E-state index contributed by atoms with van der Waals surface area (Å²) in [5.74, 6) is 0.616. The summed E-state index contributed by atoms with van der Waals surface area (Å²) in [6.45, 7) is 6.64. The molecule has 0 radical (unpaired) electrons. The van der Waals surface area contributed by atoms with E-state index in [1.165, 1.54) is 16.7 Å². The molecular formula is C14H21NO. The molecule has 0 saturated carbocycles. The summed E-state index contributed by atoms with van der Waals surface area (Å²) in [7, 11) is 0. The Morgan fingerprint density at radius 2 is 2.25 bits per heavy atom. The Kier molecular flexibility index (Phi) is 3.31. The molecule has 2 unspecified atom stereocenters. The van der Waals surface area contributed by atoms with E-state index >= 15 is 0 Å². The van der Waals surface area contributed by atoms with Crippen molar-refractivity contribution in [3.8, 4) is 0 Å². The summed E-state index contributed by atoms with van der Waals surface area (Å²) in [6.07, 6.45) is 1.14. The van der Waals surface area contributed by atoms with Gasteiger partial charge in [0.15, 0.2) is 0 Å². The SMILES string of the molecule is Cc1ccc2c(c1)C(N[C@@H](C)CO)C(C)C2. The Balaban J connectivity index is 2.24. The van der Waals surface area contributed by atoms with E-state index in [2.05, 4.69) is 37.4 Å². The number of aliphatic hydroxyl groups is 1. The van der Waals surface area contributed by atoms with Gasteiger partial charge < -0.3 is 10.4 Å². The topological polar surface area (TPSA) is 32.3 Å². The van der Waals surface area contributed by atoms with Crippen LogP contribution in [0.1, 0.15) is 36.6 Å². The molecular weight excluding hydrogens is 198 g/mol.